The zero-order chi connectivity index (χ0) is 12.1. The molecule has 94 valence electrons. The van der Waals surface area contributed by atoms with Gasteiger partial charge in [0.05, 0.1) is 6.26 Å². The summed E-state index contributed by atoms with van der Waals surface area (Å²) in [5.41, 5.74) is 0. The zero-order valence-electron chi connectivity index (χ0n) is 10.6. The van der Waals surface area contributed by atoms with E-state index in [0.717, 1.165) is 25.8 Å². The molecule has 0 spiro atoms. The van der Waals surface area contributed by atoms with Crippen LogP contribution in [-0.4, -0.2) is 18.7 Å². The molecule has 2 nitrogen and oxygen atoms in total. The summed E-state index contributed by atoms with van der Waals surface area (Å²) in [6.45, 7) is 5.36. The Hall–Kier alpha value is -0.800. The minimum absolute atomic E-state index is 0.354. The van der Waals surface area contributed by atoms with Gasteiger partial charge < -0.3 is 10.1 Å². The van der Waals surface area contributed by atoms with Gasteiger partial charge in [-0.25, -0.2) is 0 Å². The number of nitrogens with one attached hydrogen (secondary N) is 1. The second-order valence-corrected chi connectivity index (χ2v) is 6.11. The highest BCUT2D eigenvalue weighted by molar-refractivity contribution is 7.11. The van der Waals surface area contributed by atoms with Crippen molar-refractivity contribution in [3.63, 3.8) is 0 Å². The second kappa shape index (κ2) is 6.22. The zero-order valence-corrected chi connectivity index (χ0v) is 11.4. The average molecular weight is 251 g/mol. The molecule has 0 fully saturated rings. The van der Waals surface area contributed by atoms with Gasteiger partial charge in [0.15, 0.2) is 0 Å². The first-order chi connectivity index (χ1) is 8.24. The molecule has 1 aliphatic rings. The van der Waals surface area contributed by atoms with E-state index in [4.69, 9.17) is 4.74 Å². The van der Waals surface area contributed by atoms with Crippen molar-refractivity contribution in [2.24, 2.45) is 0 Å². The Kier molecular flexibility index (Phi) is 4.63. The minimum Gasteiger partial charge on any atom is -0.497 e. The van der Waals surface area contributed by atoms with E-state index in [1.54, 1.807) is 0 Å². The Balaban J connectivity index is 1.70. The van der Waals surface area contributed by atoms with E-state index in [9.17, 15) is 0 Å². The first kappa shape index (κ1) is 12.7. The Labute approximate surface area is 108 Å². The molecular weight excluding hydrogens is 230 g/mol. The van der Waals surface area contributed by atoms with Gasteiger partial charge in [-0.2, -0.15) is 0 Å². The topological polar surface area (TPSA) is 21.3 Å². The maximum absolute atomic E-state index is 5.54. The molecule has 0 aromatic carbocycles. The molecule has 17 heavy (non-hydrogen) atoms. The van der Waals surface area contributed by atoms with Crippen LogP contribution in [0.15, 0.2) is 24.5 Å². The van der Waals surface area contributed by atoms with E-state index in [2.05, 4.69) is 37.4 Å². The molecule has 0 saturated heterocycles. The fraction of sp³-hybridized carbons (Fsp3) is 0.571. The minimum atomic E-state index is 0.354. The number of hydrogen-bond acceptors (Lipinski definition) is 3. The number of aryl methyl sites for hydroxylation is 1. The summed E-state index contributed by atoms with van der Waals surface area (Å²) in [5.74, 6) is 0. The van der Waals surface area contributed by atoms with E-state index in [-0.39, 0.29) is 0 Å². The van der Waals surface area contributed by atoms with Gasteiger partial charge in [0.25, 0.3) is 0 Å². The molecule has 2 atom stereocenters. The first-order valence-corrected chi connectivity index (χ1v) is 7.15. The van der Waals surface area contributed by atoms with Gasteiger partial charge in [0, 0.05) is 22.3 Å². The molecule has 2 heterocycles. The molecule has 2 unspecified atom stereocenters. The van der Waals surface area contributed by atoms with Gasteiger partial charge >= 0.3 is 0 Å². The fourth-order valence-corrected chi connectivity index (χ4v) is 3.06. The van der Waals surface area contributed by atoms with Crippen LogP contribution in [0.1, 0.15) is 29.5 Å². The van der Waals surface area contributed by atoms with Gasteiger partial charge in [0.1, 0.15) is 6.10 Å². The van der Waals surface area contributed by atoms with Gasteiger partial charge in [-0.1, -0.05) is 0 Å². The number of thiophene rings is 1. The van der Waals surface area contributed by atoms with Gasteiger partial charge in [-0.05, 0) is 51.3 Å². The molecule has 0 saturated carbocycles. The molecule has 0 bridgehead atoms. The summed E-state index contributed by atoms with van der Waals surface area (Å²) in [4.78, 5) is 2.86. The van der Waals surface area contributed by atoms with Crippen LogP contribution in [0.2, 0.25) is 0 Å². The molecule has 1 aromatic heterocycles. The number of allylic oxidation sites excluding steroid dienone is 1. The Morgan fingerprint density at radius 2 is 2.41 bits per heavy atom. The van der Waals surface area contributed by atoms with Crippen LogP contribution < -0.4 is 5.32 Å². The molecule has 0 radical (unpaired) electrons. The van der Waals surface area contributed by atoms with E-state index >= 15 is 0 Å². The molecule has 0 aliphatic carbocycles. The van der Waals surface area contributed by atoms with Crippen molar-refractivity contribution in [2.45, 2.75) is 45.3 Å². The molecule has 3 heteroatoms. The highest BCUT2D eigenvalue weighted by atomic mass is 32.1. The van der Waals surface area contributed by atoms with Crippen molar-refractivity contribution < 1.29 is 4.74 Å². The lowest BCUT2D eigenvalue weighted by molar-refractivity contribution is 0.120. The monoisotopic (exact) mass is 251 g/mol. The normalized spacial score (nSPS) is 21.2. The van der Waals surface area contributed by atoms with E-state index in [1.165, 1.54) is 9.75 Å². The predicted octanol–water partition coefficient (Wildman–Crippen LogP) is 3.27. The Morgan fingerprint density at radius 3 is 3.06 bits per heavy atom. The van der Waals surface area contributed by atoms with Crippen molar-refractivity contribution in [1.82, 2.24) is 5.32 Å². The van der Waals surface area contributed by atoms with Crippen LogP contribution in [0, 0.1) is 6.92 Å². The maximum atomic E-state index is 5.54. The first-order valence-electron chi connectivity index (χ1n) is 6.33. The van der Waals surface area contributed by atoms with Crippen LogP contribution in [0.25, 0.3) is 0 Å². The van der Waals surface area contributed by atoms with Crippen molar-refractivity contribution >= 4 is 11.3 Å². The number of hydrogen-bond donors (Lipinski definition) is 1. The van der Waals surface area contributed by atoms with Crippen molar-refractivity contribution in [3.8, 4) is 0 Å². The van der Waals surface area contributed by atoms with E-state index in [1.807, 2.05) is 17.6 Å². The number of ether oxygens (including phenoxy) is 1. The molecule has 1 N–H and O–H groups in total. The summed E-state index contributed by atoms with van der Waals surface area (Å²) in [5, 5.41) is 3.56. The average Bonchev–Trinajstić information content (AvgIpc) is 2.73. The summed E-state index contributed by atoms with van der Waals surface area (Å²) in [6.07, 6.45) is 7.67. The quantitative estimate of drug-likeness (QED) is 0.867. The van der Waals surface area contributed by atoms with Crippen molar-refractivity contribution in [3.05, 3.63) is 34.2 Å². The SMILES string of the molecule is Cc1ccc(CC(C)NCC2CCC=CO2)s1. The van der Waals surface area contributed by atoms with Crippen molar-refractivity contribution in [1.29, 1.82) is 0 Å². The standard InChI is InChI=1S/C14H21NOS/c1-11(9-14-7-6-12(2)17-14)15-10-13-5-3-4-8-16-13/h4,6-8,11,13,15H,3,5,9-10H2,1-2H3. The van der Waals surface area contributed by atoms with Gasteiger partial charge in [-0.15, -0.1) is 11.3 Å². The fourth-order valence-electron chi connectivity index (χ4n) is 2.04. The second-order valence-electron chi connectivity index (χ2n) is 4.73. The maximum Gasteiger partial charge on any atom is 0.110 e. The van der Waals surface area contributed by atoms with Crippen LogP contribution in [0.4, 0.5) is 0 Å². The van der Waals surface area contributed by atoms with Crippen LogP contribution in [0.5, 0.6) is 0 Å². The Morgan fingerprint density at radius 1 is 1.53 bits per heavy atom. The van der Waals surface area contributed by atoms with Crippen LogP contribution >= 0.6 is 11.3 Å². The third-order valence-corrected chi connectivity index (χ3v) is 4.04. The smallest absolute Gasteiger partial charge is 0.110 e. The van der Waals surface area contributed by atoms with E-state index < -0.39 is 0 Å². The molecule has 1 aromatic rings. The van der Waals surface area contributed by atoms with E-state index in [0.29, 0.717) is 12.1 Å². The van der Waals surface area contributed by atoms with Crippen LogP contribution in [-0.2, 0) is 11.2 Å². The largest absolute Gasteiger partial charge is 0.497 e. The van der Waals surface area contributed by atoms with Gasteiger partial charge in [0.2, 0.25) is 0 Å². The lowest BCUT2D eigenvalue weighted by Gasteiger charge is -2.22. The summed E-state index contributed by atoms with van der Waals surface area (Å²) in [7, 11) is 0. The lowest BCUT2D eigenvalue weighted by atomic mass is 10.1. The third kappa shape index (κ3) is 4.17. The summed E-state index contributed by atoms with van der Waals surface area (Å²) in [6, 6.07) is 4.95. The summed E-state index contributed by atoms with van der Waals surface area (Å²) < 4.78 is 5.54. The molecular formula is C14H21NOS. The van der Waals surface area contributed by atoms with Crippen molar-refractivity contribution in [2.75, 3.05) is 6.54 Å². The predicted molar refractivity (Wildman–Crippen MR) is 73.5 cm³/mol. The summed E-state index contributed by atoms with van der Waals surface area (Å²) >= 11 is 1.90. The number of rotatable bonds is 5. The Bertz CT molecular complexity index is 372. The van der Waals surface area contributed by atoms with Crippen LogP contribution in [0.3, 0.4) is 0 Å². The third-order valence-electron chi connectivity index (χ3n) is 3.02. The molecule has 1 aliphatic heterocycles. The lowest BCUT2D eigenvalue weighted by Crippen LogP contribution is -2.36. The molecule has 0 amide bonds. The highest BCUT2D eigenvalue weighted by Crippen LogP contribution is 2.17. The molecule has 2 rings (SSSR count). The highest BCUT2D eigenvalue weighted by Gasteiger charge is 2.12. The van der Waals surface area contributed by atoms with Gasteiger partial charge in [-0.3, -0.25) is 0 Å².